The van der Waals surface area contributed by atoms with Crippen LogP contribution in [0.25, 0.3) is 0 Å². The highest BCUT2D eigenvalue weighted by molar-refractivity contribution is 7.80. The van der Waals surface area contributed by atoms with E-state index in [4.69, 9.17) is 9.47 Å². The van der Waals surface area contributed by atoms with Crippen molar-refractivity contribution >= 4 is 12.6 Å². The fourth-order valence-corrected chi connectivity index (χ4v) is 4.15. The number of alkyl halides is 6. The van der Waals surface area contributed by atoms with Gasteiger partial charge in [-0.2, -0.15) is 39.0 Å². The largest absolute Gasteiger partial charge is 0.416 e. The number of thiol groups is 1. The van der Waals surface area contributed by atoms with Crippen LogP contribution in [0.4, 0.5) is 26.3 Å². The molecule has 2 aliphatic rings. The first-order valence-electron chi connectivity index (χ1n) is 9.02. The molecule has 2 heterocycles. The minimum atomic E-state index is -4.45. The van der Waals surface area contributed by atoms with Crippen molar-refractivity contribution in [2.75, 3.05) is 19.0 Å². The third-order valence-electron chi connectivity index (χ3n) is 5.41. The molecule has 2 aliphatic heterocycles. The molecular weight excluding hydrogens is 432 g/mol. The van der Waals surface area contributed by atoms with Crippen molar-refractivity contribution in [2.24, 2.45) is 0 Å². The fourth-order valence-electron chi connectivity index (χ4n) is 3.80. The van der Waals surface area contributed by atoms with Gasteiger partial charge in [-0.1, -0.05) is 24.3 Å². The van der Waals surface area contributed by atoms with Crippen molar-refractivity contribution in [1.82, 2.24) is 4.90 Å². The van der Waals surface area contributed by atoms with Gasteiger partial charge in [-0.15, -0.1) is 0 Å². The van der Waals surface area contributed by atoms with Crippen LogP contribution in [0.15, 0.2) is 48.5 Å². The normalized spacial score (nSPS) is 27.4. The summed E-state index contributed by atoms with van der Waals surface area (Å²) in [7, 11) is 0. The summed E-state index contributed by atoms with van der Waals surface area (Å²) in [6.45, 7) is 0.471. The van der Waals surface area contributed by atoms with Gasteiger partial charge in [-0.25, -0.2) is 4.90 Å². The van der Waals surface area contributed by atoms with Crippen LogP contribution >= 0.6 is 12.6 Å². The van der Waals surface area contributed by atoms with Crippen LogP contribution in [-0.2, 0) is 21.8 Å². The molecule has 0 aromatic heterocycles. The van der Waals surface area contributed by atoms with Crippen LogP contribution in [0.3, 0.4) is 0 Å². The van der Waals surface area contributed by atoms with E-state index in [1.165, 1.54) is 24.3 Å². The number of hydrogen-bond acceptors (Lipinski definition) is 4. The minimum absolute atomic E-state index is 0.235. The summed E-state index contributed by atoms with van der Waals surface area (Å²) in [6.07, 6.45) is -10.3. The number of rotatable bonds is 3. The average molecular weight is 449 g/mol. The van der Waals surface area contributed by atoms with E-state index < -0.39 is 41.5 Å². The molecule has 0 N–H and O–H groups in total. The molecule has 162 valence electrons. The zero-order valence-electron chi connectivity index (χ0n) is 15.4. The zero-order chi connectivity index (χ0) is 21.7. The standard InChI is InChI=1S/C20H17F6NO2S/c21-19(22,23)14-5-1-12(2-6-14)16-27-17(29-10-18(27,11-30)9-28-16)13-3-7-15(8-4-13)20(24,25)26/h1-8,16-17,30H,9-11H2/t16-,17+,18?. The molecule has 2 aromatic carbocycles. The second-order valence-corrected chi connectivity index (χ2v) is 7.67. The Kier molecular flexibility index (Phi) is 5.32. The number of ether oxygens (including phenoxy) is 2. The summed E-state index contributed by atoms with van der Waals surface area (Å²) >= 11 is 4.40. The second kappa shape index (κ2) is 7.44. The van der Waals surface area contributed by atoms with E-state index in [-0.39, 0.29) is 13.2 Å². The van der Waals surface area contributed by atoms with Crippen molar-refractivity contribution in [1.29, 1.82) is 0 Å². The van der Waals surface area contributed by atoms with E-state index in [1.54, 1.807) is 0 Å². The molecule has 0 saturated carbocycles. The Hall–Kier alpha value is -1.75. The third kappa shape index (κ3) is 3.70. The molecule has 0 aliphatic carbocycles. The Morgan fingerprint density at radius 3 is 1.43 bits per heavy atom. The molecule has 0 spiro atoms. The van der Waals surface area contributed by atoms with E-state index in [0.29, 0.717) is 16.9 Å². The Labute approximate surface area is 174 Å². The molecule has 2 fully saturated rings. The van der Waals surface area contributed by atoms with Crippen molar-refractivity contribution in [2.45, 2.75) is 30.3 Å². The molecule has 30 heavy (non-hydrogen) atoms. The van der Waals surface area contributed by atoms with Gasteiger partial charge in [0, 0.05) is 5.75 Å². The van der Waals surface area contributed by atoms with Gasteiger partial charge >= 0.3 is 12.4 Å². The lowest BCUT2D eigenvalue weighted by Gasteiger charge is -2.33. The minimum Gasteiger partial charge on any atom is -0.357 e. The van der Waals surface area contributed by atoms with Crippen LogP contribution in [0.5, 0.6) is 0 Å². The topological polar surface area (TPSA) is 21.7 Å². The van der Waals surface area contributed by atoms with Crippen molar-refractivity contribution < 1.29 is 35.8 Å². The van der Waals surface area contributed by atoms with Gasteiger partial charge in [0.1, 0.15) is 12.5 Å². The molecule has 2 saturated heterocycles. The summed E-state index contributed by atoms with van der Waals surface area (Å²) in [5.74, 6) is 0.348. The van der Waals surface area contributed by atoms with Gasteiger partial charge in [-0.3, -0.25) is 0 Å². The molecule has 3 nitrogen and oxygen atoms in total. The lowest BCUT2D eigenvalue weighted by Crippen LogP contribution is -2.46. The van der Waals surface area contributed by atoms with Crippen LogP contribution in [0.2, 0.25) is 0 Å². The molecule has 4 rings (SSSR count). The second-order valence-electron chi connectivity index (χ2n) is 7.36. The van der Waals surface area contributed by atoms with Gasteiger partial charge in [0.2, 0.25) is 0 Å². The van der Waals surface area contributed by atoms with Crippen molar-refractivity contribution in [3.05, 3.63) is 70.8 Å². The van der Waals surface area contributed by atoms with E-state index >= 15 is 0 Å². The number of hydrogen-bond donors (Lipinski definition) is 1. The van der Waals surface area contributed by atoms with Gasteiger partial charge in [0.15, 0.2) is 0 Å². The van der Waals surface area contributed by atoms with Crippen molar-refractivity contribution in [3.63, 3.8) is 0 Å². The SMILES string of the molecule is FC(F)(F)c1ccc([C@H]2OCC3(CS)CO[C@@H](c4ccc(C(F)(F)F)cc4)N23)cc1. The van der Waals surface area contributed by atoms with Gasteiger partial charge in [0.05, 0.1) is 29.9 Å². The first kappa shape index (κ1) is 21.5. The Balaban J connectivity index is 1.66. The monoisotopic (exact) mass is 449 g/mol. The van der Waals surface area contributed by atoms with Crippen LogP contribution in [0.1, 0.15) is 34.7 Å². The molecule has 0 radical (unpaired) electrons. The van der Waals surface area contributed by atoms with Crippen LogP contribution < -0.4 is 0 Å². The summed E-state index contributed by atoms with van der Waals surface area (Å²) in [6, 6.07) is 9.25. The summed E-state index contributed by atoms with van der Waals surface area (Å²) < 4.78 is 89.0. The van der Waals surface area contributed by atoms with Gasteiger partial charge in [0.25, 0.3) is 0 Å². The Bertz CT molecular complexity index is 828. The maximum absolute atomic E-state index is 12.9. The zero-order valence-corrected chi connectivity index (χ0v) is 16.3. The van der Waals surface area contributed by atoms with Gasteiger partial charge in [-0.05, 0) is 35.4 Å². The molecule has 10 heteroatoms. The first-order valence-corrected chi connectivity index (χ1v) is 9.65. The number of fused-ring (bicyclic) bond motifs is 1. The lowest BCUT2D eigenvalue weighted by atomic mass is 10.0. The summed E-state index contributed by atoms with van der Waals surface area (Å²) in [5.41, 5.74) is -1.20. The van der Waals surface area contributed by atoms with E-state index in [1.807, 2.05) is 4.90 Å². The third-order valence-corrected chi connectivity index (χ3v) is 6.00. The van der Waals surface area contributed by atoms with Crippen LogP contribution in [-0.4, -0.2) is 29.4 Å². The summed E-state index contributed by atoms with van der Waals surface area (Å²) in [5, 5.41) is 0. The maximum Gasteiger partial charge on any atom is 0.416 e. The molecule has 3 atom stereocenters. The average Bonchev–Trinajstić information content (AvgIpc) is 3.24. The lowest BCUT2D eigenvalue weighted by molar-refractivity contribution is -0.138. The molecular formula is C20H17F6NO2S. The highest BCUT2D eigenvalue weighted by atomic mass is 32.1. The van der Waals surface area contributed by atoms with Crippen LogP contribution in [0, 0.1) is 0 Å². The number of nitrogens with zero attached hydrogens (tertiary/aromatic N) is 1. The number of halogens is 6. The van der Waals surface area contributed by atoms with E-state index in [2.05, 4.69) is 12.6 Å². The summed E-state index contributed by atoms with van der Waals surface area (Å²) in [4.78, 5) is 1.84. The highest BCUT2D eigenvalue weighted by Crippen LogP contribution is 2.49. The smallest absolute Gasteiger partial charge is 0.357 e. The molecule has 0 bridgehead atoms. The fraction of sp³-hybridized carbons (Fsp3) is 0.400. The van der Waals surface area contributed by atoms with Crippen molar-refractivity contribution in [3.8, 4) is 0 Å². The quantitative estimate of drug-likeness (QED) is 0.497. The molecule has 2 aromatic rings. The molecule has 1 unspecified atom stereocenters. The van der Waals surface area contributed by atoms with E-state index in [9.17, 15) is 26.3 Å². The Morgan fingerprint density at radius 2 is 1.13 bits per heavy atom. The first-order chi connectivity index (χ1) is 14.0. The highest BCUT2D eigenvalue weighted by Gasteiger charge is 2.56. The predicted molar refractivity (Wildman–Crippen MR) is 98.7 cm³/mol. The van der Waals surface area contributed by atoms with Gasteiger partial charge < -0.3 is 9.47 Å². The molecule has 0 amide bonds. The van der Waals surface area contributed by atoms with E-state index in [0.717, 1.165) is 24.3 Å². The maximum atomic E-state index is 12.9. The Morgan fingerprint density at radius 1 is 0.767 bits per heavy atom. The predicted octanol–water partition coefficient (Wildman–Crippen LogP) is 5.45. The number of benzene rings is 2.